The summed E-state index contributed by atoms with van der Waals surface area (Å²) in [7, 11) is 0. The number of aryl methyl sites for hydroxylation is 1. The third-order valence-corrected chi connectivity index (χ3v) is 9.80. The second kappa shape index (κ2) is 11.5. The molecule has 2 fully saturated rings. The number of piperazine rings is 1. The Kier molecular flexibility index (Phi) is 8.27. The van der Waals surface area contributed by atoms with Gasteiger partial charge in [-0.1, -0.05) is 66.4 Å². The molecule has 2 bridgehead atoms. The molecule has 6 rings (SSSR count). The summed E-state index contributed by atoms with van der Waals surface area (Å²) in [5.41, 5.74) is 4.19. The number of hydrogen-bond acceptors (Lipinski definition) is 3. The first kappa shape index (κ1) is 28.0. The lowest BCUT2D eigenvalue weighted by molar-refractivity contribution is -0.00970. The molecule has 1 heterocycles. The van der Waals surface area contributed by atoms with Gasteiger partial charge in [-0.15, -0.1) is 0 Å². The fraction of sp³-hybridized carbons (Fsp3) is 0.484. The Balaban J connectivity index is 1.21. The zero-order chi connectivity index (χ0) is 27.7. The number of rotatable bonds is 7. The number of benzene rings is 2. The van der Waals surface area contributed by atoms with Crippen LogP contribution in [0.1, 0.15) is 42.6 Å². The van der Waals surface area contributed by atoms with Gasteiger partial charge in [0.1, 0.15) is 0 Å². The number of carbonyl (C=O) groups excluding carboxylic acids is 2. The summed E-state index contributed by atoms with van der Waals surface area (Å²) in [5.74, 6) is 1.37. The van der Waals surface area contributed by atoms with Crippen LogP contribution in [0, 0.1) is 24.2 Å². The summed E-state index contributed by atoms with van der Waals surface area (Å²) < 4.78 is 0. The van der Waals surface area contributed by atoms with Gasteiger partial charge in [-0.2, -0.15) is 0 Å². The van der Waals surface area contributed by atoms with E-state index in [0.29, 0.717) is 53.2 Å². The third kappa shape index (κ3) is 6.13. The van der Waals surface area contributed by atoms with Crippen LogP contribution >= 0.6 is 23.2 Å². The number of allylic oxidation sites excluding steroid dienone is 1. The number of nitrogens with one attached hydrogen (secondary N) is 1. The minimum absolute atomic E-state index is 0.0860. The fourth-order valence-electron chi connectivity index (χ4n) is 6.22. The molecule has 2 atom stereocenters. The SMILES string of the molecule is Cc1ccc(C(=O)N2CCN(CCN(CC3=CCC4CC3C4(C)C)C(=O)Nc3ccc(Cl)c(Cl)c3)CC2)cc1. The van der Waals surface area contributed by atoms with Crippen LogP contribution in [-0.2, 0) is 0 Å². The van der Waals surface area contributed by atoms with Crippen LogP contribution in [0.4, 0.5) is 10.5 Å². The van der Waals surface area contributed by atoms with Crippen LogP contribution < -0.4 is 5.32 Å². The largest absolute Gasteiger partial charge is 0.336 e. The van der Waals surface area contributed by atoms with E-state index in [9.17, 15) is 9.59 Å². The third-order valence-electron chi connectivity index (χ3n) is 9.06. The molecule has 2 aromatic carbocycles. The lowest BCUT2D eigenvalue weighted by Crippen LogP contribution is -2.52. The second-order valence-corrected chi connectivity index (χ2v) is 12.6. The quantitative estimate of drug-likeness (QED) is 0.383. The molecule has 6 nitrogen and oxygen atoms in total. The topological polar surface area (TPSA) is 55.9 Å². The zero-order valence-corrected chi connectivity index (χ0v) is 24.6. The number of urea groups is 1. The van der Waals surface area contributed by atoms with Crippen molar-refractivity contribution in [3.8, 4) is 0 Å². The van der Waals surface area contributed by atoms with E-state index in [1.807, 2.05) is 41.0 Å². The molecule has 1 N–H and O–H groups in total. The predicted octanol–water partition coefficient (Wildman–Crippen LogP) is 6.59. The summed E-state index contributed by atoms with van der Waals surface area (Å²) >= 11 is 12.3. The summed E-state index contributed by atoms with van der Waals surface area (Å²) in [6, 6.07) is 12.8. The molecule has 39 heavy (non-hydrogen) atoms. The Labute approximate surface area is 241 Å². The van der Waals surface area contributed by atoms with Crippen molar-refractivity contribution >= 4 is 40.8 Å². The Morgan fingerprint density at radius 1 is 1.03 bits per heavy atom. The standard InChI is InChI=1S/C31H38Cl2N4O2/c1-21-4-6-22(7-5-21)29(38)36-15-12-35(13-16-36)14-17-37(20-23-8-9-24-18-26(23)31(24,2)3)30(39)34-25-10-11-27(32)28(33)19-25/h4-8,10-11,19,24,26H,9,12-18,20H2,1-3H3,(H,34,39). The molecule has 0 radical (unpaired) electrons. The van der Waals surface area contributed by atoms with Gasteiger partial charge in [0.15, 0.2) is 0 Å². The van der Waals surface area contributed by atoms with Crippen LogP contribution in [-0.4, -0.2) is 72.5 Å². The zero-order valence-electron chi connectivity index (χ0n) is 23.1. The van der Waals surface area contributed by atoms with Crippen LogP contribution in [0.25, 0.3) is 0 Å². The maximum atomic E-state index is 13.5. The second-order valence-electron chi connectivity index (χ2n) is 11.8. The molecule has 1 saturated heterocycles. The van der Waals surface area contributed by atoms with Crippen molar-refractivity contribution in [3.63, 3.8) is 0 Å². The minimum atomic E-state index is -0.137. The molecule has 8 heteroatoms. The van der Waals surface area contributed by atoms with E-state index in [4.69, 9.17) is 23.2 Å². The number of anilines is 1. The Morgan fingerprint density at radius 2 is 1.74 bits per heavy atom. The Hall–Kier alpha value is -2.54. The van der Waals surface area contributed by atoms with E-state index in [0.717, 1.165) is 43.1 Å². The number of hydrogen-bond donors (Lipinski definition) is 1. The molecule has 4 aliphatic rings. The lowest BCUT2D eigenvalue weighted by Gasteiger charge is -2.57. The normalized spacial score (nSPS) is 22.1. The van der Waals surface area contributed by atoms with Gasteiger partial charge in [0, 0.05) is 57.1 Å². The lowest BCUT2D eigenvalue weighted by atomic mass is 9.49. The maximum absolute atomic E-state index is 13.5. The monoisotopic (exact) mass is 568 g/mol. The van der Waals surface area contributed by atoms with Gasteiger partial charge in [0.25, 0.3) is 5.91 Å². The number of carbonyl (C=O) groups is 2. The van der Waals surface area contributed by atoms with E-state index in [1.54, 1.807) is 18.2 Å². The molecule has 1 saturated carbocycles. The van der Waals surface area contributed by atoms with Crippen LogP contribution in [0.5, 0.6) is 0 Å². The van der Waals surface area contributed by atoms with E-state index in [2.05, 4.69) is 30.1 Å². The van der Waals surface area contributed by atoms with Crippen LogP contribution in [0.15, 0.2) is 54.1 Å². The van der Waals surface area contributed by atoms with Gasteiger partial charge < -0.3 is 15.1 Å². The molecule has 0 spiro atoms. The first-order chi connectivity index (χ1) is 18.6. The molecule has 3 amide bonds. The highest BCUT2D eigenvalue weighted by molar-refractivity contribution is 6.42. The van der Waals surface area contributed by atoms with Crippen LogP contribution in [0.3, 0.4) is 0 Å². The molecular formula is C31H38Cl2N4O2. The molecular weight excluding hydrogens is 531 g/mol. The van der Waals surface area contributed by atoms with Crippen LogP contribution in [0.2, 0.25) is 10.0 Å². The van der Waals surface area contributed by atoms with Crippen molar-refractivity contribution in [1.29, 1.82) is 0 Å². The summed E-state index contributed by atoms with van der Waals surface area (Å²) in [6.07, 6.45) is 4.68. The van der Waals surface area contributed by atoms with E-state index >= 15 is 0 Å². The number of fused-ring (bicyclic) bond motifs is 1. The maximum Gasteiger partial charge on any atom is 0.322 e. The van der Waals surface area contributed by atoms with Gasteiger partial charge in [-0.05, 0) is 67.3 Å². The highest BCUT2D eigenvalue weighted by Crippen LogP contribution is 2.59. The first-order valence-electron chi connectivity index (χ1n) is 13.9. The van der Waals surface area contributed by atoms with E-state index in [1.165, 1.54) is 12.0 Å². The van der Waals surface area contributed by atoms with E-state index < -0.39 is 0 Å². The van der Waals surface area contributed by atoms with Crippen molar-refractivity contribution in [2.45, 2.75) is 33.6 Å². The molecule has 2 aromatic rings. The average Bonchev–Trinajstić information content (AvgIpc) is 2.93. The minimum Gasteiger partial charge on any atom is -0.336 e. The van der Waals surface area contributed by atoms with Crippen molar-refractivity contribution in [1.82, 2.24) is 14.7 Å². The van der Waals surface area contributed by atoms with Gasteiger partial charge in [-0.3, -0.25) is 9.69 Å². The molecule has 208 valence electrons. The molecule has 3 aliphatic carbocycles. The first-order valence-corrected chi connectivity index (χ1v) is 14.7. The van der Waals surface area contributed by atoms with Gasteiger partial charge in [0.2, 0.25) is 0 Å². The number of halogens is 2. The van der Waals surface area contributed by atoms with Crippen molar-refractivity contribution in [2.24, 2.45) is 17.3 Å². The van der Waals surface area contributed by atoms with Crippen molar-refractivity contribution < 1.29 is 9.59 Å². The highest BCUT2D eigenvalue weighted by atomic mass is 35.5. The van der Waals surface area contributed by atoms with Gasteiger partial charge in [-0.25, -0.2) is 4.79 Å². The summed E-state index contributed by atoms with van der Waals surface area (Å²) in [6.45, 7) is 11.7. The summed E-state index contributed by atoms with van der Waals surface area (Å²) in [5, 5.41) is 3.90. The number of nitrogens with zero attached hydrogens (tertiary/aromatic N) is 3. The predicted molar refractivity (Wildman–Crippen MR) is 159 cm³/mol. The fourth-order valence-corrected chi connectivity index (χ4v) is 6.52. The molecule has 1 aliphatic heterocycles. The van der Waals surface area contributed by atoms with E-state index in [-0.39, 0.29) is 11.9 Å². The molecule has 2 unspecified atom stereocenters. The van der Waals surface area contributed by atoms with Crippen molar-refractivity contribution in [2.75, 3.05) is 51.1 Å². The highest BCUT2D eigenvalue weighted by Gasteiger charge is 2.51. The number of amides is 3. The Bertz CT molecular complexity index is 1250. The van der Waals surface area contributed by atoms with Gasteiger partial charge >= 0.3 is 6.03 Å². The van der Waals surface area contributed by atoms with Gasteiger partial charge in [0.05, 0.1) is 10.0 Å². The van der Waals surface area contributed by atoms with Crippen molar-refractivity contribution in [3.05, 3.63) is 75.3 Å². The molecule has 0 aromatic heterocycles. The Morgan fingerprint density at radius 3 is 2.38 bits per heavy atom. The summed E-state index contributed by atoms with van der Waals surface area (Å²) in [4.78, 5) is 32.6. The average molecular weight is 570 g/mol. The smallest absolute Gasteiger partial charge is 0.322 e.